The molecule has 1 aromatic carbocycles. The number of benzene rings is 1. The van der Waals surface area contributed by atoms with E-state index >= 15 is 0 Å². The van der Waals surface area contributed by atoms with E-state index in [1.165, 1.54) is 0 Å². The van der Waals surface area contributed by atoms with E-state index in [4.69, 9.17) is 9.84 Å². The van der Waals surface area contributed by atoms with Crippen LogP contribution in [0.2, 0.25) is 0 Å². The molecule has 0 radical (unpaired) electrons. The molecule has 1 saturated carbocycles. The molecule has 36 heavy (non-hydrogen) atoms. The van der Waals surface area contributed by atoms with Crippen molar-refractivity contribution >= 4 is 29.8 Å². The summed E-state index contributed by atoms with van der Waals surface area (Å²) in [5.41, 5.74) is 2.93. The lowest BCUT2D eigenvalue weighted by Gasteiger charge is -2.32. The van der Waals surface area contributed by atoms with Crippen molar-refractivity contribution in [3.8, 4) is 5.69 Å². The van der Waals surface area contributed by atoms with Gasteiger partial charge in [0.05, 0.1) is 18.0 Å². The number of carbonyl (C=O) groups excluding carboxylic acids is 2. The lowest BCUT2D eigenvalue weighted by molar-refractivity contribution is -0.124. The summed E-state index contributed by atoms with van der Waals surface area (Å²) in [6.07, 6.45) is 11.2. The van der Waals surface area contributed by atoms with E-state index in [1.54, 1.807) is 28.9 Å². The van der Waals surface area contributed by atoms with Gasteiger partial charge in [-0.3, -0.25) is 14.8 Å². The van der Waals surface area contributed by atoms with Crippen molar-refractivity contribution in [2.45, 2.75) is 59.4 Å². The number of hydrogen-bond donors (Lipinski definition) is 1. The topological polar surface area (TPSA) is 93.1 Å². The number of ether oxygens (including phenoxy) is 1. The number of hydrogen-bond acceptors (Lipinski definition) is 5. The van der Waals surface area contributed by atoms with Crippen LogP contribution < -0.4 is 4.90 Å². The first-order valence-electron chi connectivity index (χ1n) is 12.8. The molecule has 2 heterocycles. The molecule has 0 spiro atoms. The van der Waals surface area contributed by atoms with Gasteiger partial charge in [-0.25, -0.2) is 9.48 Å². The molecule has 0 saturated heterocycles. The minimum absolute atomic E-state index is 0.0338. The van der Waals surface area contributed by atoms with Gasteiger partial charge in [0.1, 0.15) is 5.56 Å². The average molecular weight is 490 g/mol. The number of amides is 1. The molecule has 190 valence electrons. The molecule has 1 N–H and O–H groups in total. The van der Waals surface area contributed by atoms with E-state index in [0.29, 0.717) is 17.3 Å². The SMILES string of the molecule is CCOC(=O)c1cn(-c2ccc(/C=C/c3cc[nH]n3)cc2)nc1N(C(=O)[C@H]1CC[C@H](C)CC1)C(C)C. The summed E-state index contributed by atoms with van der Waals surface area (Å²) in [5, 5.41) is 11.7. The zero-order chi connectivity index (χ0) is 25.7. The molecule has 0 aliphatic heterocycles. The predicted octanol–water partition coefficient (Wildman–Crippen LogP) is 5.51. The quantitative estimate of drug-likeness (QED) is 0.421. The van der Waals surface area contributed by atoms with Crippen LogP contribution in [0.5, 0.6) is 0 Å². The van der Waals surface area contributed by atoms with Crippen molar-refractivity contribution in [3.05, 3.63) is 59.5 Å². The molecular formula is C28H35N5O3. The standard InChI is InChI=1S/C28H35N5O3/c1-5-36-28(35)25-18-32(24-14-9-21(10-15-24)8-13-23-16-17-29-30-23)31-26(25)33(19(2)3)27(34)22-11-6-20(4)7-12-22/h8-10,13-20,22H,5-7,11-12H2,1-4H3,(H,29,30)/b13-8+/t20-,22-. The zero-order valence-electron chi connectivity index (χ0n) is 21.5. The van der Waals surface area contributed by atoms with Crippen molar-refractivity contribution in [1.82, 2.24) is 20.0 Å². The molecule has 0 bridgehead atoms. The Hall–Kier alpha value is -3.68. The van der Waals surface area contributed by atoms with Crippen molar-refractivity contribution < 1.29 is 14.3 Å². The fourth-order valence-electron chi connectivity index (χ4n) is 4.62. The average Bonchev–Trinajstić information content (AvgIpc) is 3.54. The van der Waals surface area contributed by atoms with Crippen molar-refractivity contribution in [2.75, 3.05) is 11.5 Å². The Morgan fingerprint density at radius 3 is 2.47 bits per heavy atom. The molecule has 1 amide bonds. The van der Waals surface area contributed by atoms with Gasteiger partial charge in [0.2, 0.25) is 5.91 Å². The number of nitrogens with one attached hydrogen (secondary N) is 1. The summed E-state index contributed by atoms with van der Waals surface area (Å²) in [6, 6.07) is 9.54. The molecule has 2 aromatic heterocycles. The highest BCUT2D eigenvalue weighted by Gasteiger charge is 2.34. The number of H-pyrrole nitrogens is 1. The second-order valence-corrected chi connectivity index (χ2v) is 9.71. The Labute approximate surface area is 212 Å². The van der Waals surface area contributed by atoms with Crippen LogP contribution in [0.3, 0.4) is 0 Å². The van der Waals surface area contributed by atoms with Crippen LogP contribution in [-0.2, 0) is 9.53 Å². The van der Waals surface area contributed by atoms with Gasteiger partial charge in [0.15, 0.2) is 5.82 Å². The smallest absolute Gasteiger partial charge is 0.343 e. The van der Waals surface area contributed by atoms with E-state index in [2.05, 4.69) is 17.1 Å². The Balaban J connectivity index is 1.65. The maximum atomic E-state index is 13.6. The van der Waals surface area contributed by atoms with E-state index in [1.807, 2.05) is 56.3 Å². The lowest BCUT2D eigenvalue weighted by Crippen LogP contribution is -2.43. The molecule has 0 unspecified atom stereocenters. The third-order valence-corrected chi connectivity index (χ3v) is 6.66. The highest BCUT2D eigenvalue weighted by atomic mass is 16.5. The lowest BCUT2D eigenvalue weighted by atomic mass is 9.82. The van der Waals surface area contributed by atoms with Gasteiger partial charge in [-0.05, 0) is 82.2 Å². The molecule has 4 rings (SSSR count). The molecule has 1 aliphatic carbocycles. The van der Waals surface area contributed by atoms with E-state index in [-0.39, 0.29) is 24.5 Å². The summed E-state index contributed by atoms with van der Waals surface area (Å²) >= 11 is 0. The Morgan fingerprint density at radius 2 is 1.86 bits per heavy atom. The molecule has 1 aliphatic rings. The van der Waals surface area contributed by atoms with Crippen LogP contribution in [0.15, 0.2) is 42.7 Å². The number of aromatic nitrogens is 4. The summed E-state index contributed by atoms with van der Waals surface area (Å²) in [6.45, 7) is 8.16. The summed E-state index contributed by atoms with van der Waals surface area (Å²) in [7, 11) is 0. The monoisotopic (exact) mass is 489 g/mol. The fourth-order valence-corrected chi connectivity index (χ4v) is 4.62. The van der Waals surface area contributed by atoms with Crippen molar-refractivity contribution in [1.29, 1.82) is 0 Å². The van der Waals surface area contributed by atoms with E-state index in [9.17, 15) is 9.59 Å². The van der Waals surface area contributed by atoms with Crippen LogP contribution in [0, 0.1) is 11.8 Å². The minimum atomic E-state index is -0.479. The van der Waals surface area contributed by atoms with Crippen LogP contribution in [0.25, 0.3) is 17.8 Å². The zero-order valence-corrected chi connectivity index (χ0v) is 21.5. The second-order valence-electron chi connectivity index (χ2n) is 9.71. The molecular weight excluding hydrogens is 454 g/mol. The van der Waals surface area contributed by atoms with Crippen molar-refractivity contribution in [2.24, 2.45) is 11.8 Å². The number of rotatable bonds is 8. The first-order valence-corrected chi connectivity index (χ1v) is 12.8. The number of nitrogens with zero attached hydrogens (tertiary/aromatic N) is 4. The van der Waals surface area contributed by atoms with Crippen LogP contribution >= 0.6 is 0 Å². The van der Waals surface area contributed by atoms with Crippen LogP contribution in [0.1, 0.15) is 75.0 Å². The maximum Gasteiger partial charge on any atom is 0.343 e. The maximum absolute atomic E-state index is 13.6. The predicted molar refractivity (Wildman–Crippen MR) is 141 cm³/mol. The third-order valence-electron chi connectivity index (χ3n) is 6.66. The third kappa shape index (κ3) is 5.75. The molecule has 3 aromatic rings. The first kappa shape index (κ1) is 25.4. The van der Waals surface area contributed by atoms with Gasteiger partial charge in [0, 0.05) is 24.4 Å². The normalized spacial score (nSPS) is 18.0. The largest absolute Gasteiger partial charge is 0.462 e. The van der Waals surface area contributed by atoms with E-state index < -0.39 is 5.97 Å². The summed E-state index contributed by atoms with van der Waals surface area (Å²) in [4.78, 5) is 28.2. The first-order chi connectivity index (χ1) is 17.4. The molecule has 1 fully saturated rings. The fraction of sp³-hybridized carbons (Fsp3) is 0.429. The van der Waals surface area contributed by atoms with Crippen LogP contribution in [-0.4, -0.2) is 44.5 Å². The number of esters is 1. The Morgan fingerprint density at radius 1 is 1.14 bits per heavy atom. The van der Waals surface area contributed by atoms with Gasteiger partial charge in [-0.15, -0.1) is 5.10 Å². The molecule has 8 heteroatoms. The molecule has 0 atom stereocenters. The highest BCUT2D eigenvalue weighted by molar-refractivity contribution is 6.02. The van der Waals surface area contributed by atoms with E-state index in [0.717, 1.165) is 42.6 Å². The van der Waals surface area contributed by atoms with Gasteiger partial charge >= 0.3 is 5.97 Å². The number of carbonyl (C=O) groups is 2. The molecule has 8 nitrogen and oxygen atoms in total. The van der Waals surface area contributed by atoms with Crippen molar-refractivity contribution in [3.63, 3.8) is 0 Å². The highest BCUT2D eigenvalue weighted by Crippen LogP contribution is 2.33. The summed E-state index contributed by atoms with van der Waals surface area (Å²) < 4.78 is 6.97. The Bertz CT molecular complexity index is 1190. The van der Waals surface area contributed by atoms with Gasteiger partial charge < -0.3 is 4.74 Å². The summed E-state index contributed by atoms with van der Waals surface area (Å²) in [5.74, 6) is 0.506. The Kier molecular flexibility index (Phi) is 8.03. The minimum Gasteiger partial charge on any atom is -0.462 e. The van der Waals surface area contributed by atoms with Gasteiger partial charge in [-0.1, -0.05) is 25.1 Å². The van der Waals surface area contributed by atoms with Gasteiger partial charge in [0.25, 0.3) is 0 Å². The van der Waals surface area contributed by atoms with Crippen LogP contribution in [0.4, 0.5) is 5.82 Å². The van der Waals surface area contributed by atoms with Gasteiger partial charge in [-0.2, -0.15) is 5.10 Å². The number of aromatic amines is 1. The second kappa shape index (κ2) is 11.4. The number of anilines is 1.